The number of carbonyl (C=O) groups excluding carboxylic acids is 3. The molecule has 0 radical (unpaired) electrons. The maximum atomic E-state index is 12.7. The Morgan fingerprint density at radius 1 is 0.865 bits per heavy atom. The molecule has 2 aromatic rings. The molecule has 12 nitrogen and oxygen atoms in total. The second-order valence-electron chi connectivity index (χ2n) is 7.86. The maximum absolute atomic E-state index is 12.7. The molecule has 37 heavy (non-hydrogen) atoms. The minimum Gasteiger partial charge on any atom is -0.357 e. The van der Waals surface area contributed by atoms with Gasteiger partial charge in [-0.2, -0.15) is 0 Å². The molecule has 0 aliphatic heterocycles. The normalized spacial score (nSPS) is 11.3. The van der Waals surface area contributed by atoms with Crippen LogP contribution in [0.3, 0.4) is 0 Å². The zero-order valence-electron chi connectivity index (χ0n) is 19.8. The van der Waals surface area contributed by atoms with Gasteiger partial charge in [0.05, 0.1) is 9.85 Å². The van der Waals surface area contributed by atoms with Gasteiger partial charge in [-0.05, 0) is 31.4 Å². The summed E-state index contributed by atoms with van der Waals surface area (Å²) in [6.07, 6.45) is 1.19. The average molecular weight is 643 g/mol. The first-order valence-electron chi connectivity index (χ1n) is 11.1. The maximum Gasteiger partial charge on any atom is 0.274 e. The number of carbonyl (C=O) groups is 3. The van der Waals surface area contributed by atoms with E-state index >= 15 is 0 Å². The number of alkyl halides is 2. The van der Waals surface area contributed by atoms with Crippen molar-refractivity contribution in [3.63, 3.8) is 0 Å². The van der Waals surface area contributed by atoms with Crippen molar-refractivity contribution in [3.8, 4) is 0 Å². The number of likely N-dealkylation sites (N-methyl/N-ethyl adjacent to an activating group) is 1. The second kappa shape index (κ2) is 14.4. The highest BCUT2D eigenvalue weighted by atomic mass is 79.9. The van der Waals surface area contributed by atoms with Gasteiger partial charge in [0.15, 0.2) is 0 Å². The monoisotopic (exact) mass is 641 g/mol. The summed E-state index contributed by atoms with van der Waals surface area (Å²) in [5.74, 6) is -1.52. The Labute approximate surface area is 229 Å². The standard InChI is InChI=1S/C23H25Br2N5O7/c1-26-23(33)18(28-22(32)15-6-8-17(13-25)20(11-15)30(36)37)4-2-3-9-27-21(31)14-5-7-16(12-24)19(10-14)29(34)35/h5-8,10-11,18H,2-4,9,12-13H2,1H3,(H,26,33)(H,27,31)(H,28,32). The van der Waals surface area contributed by atoms with Crippen molar-refractivity contribution >= 4 is 61.0 Å². The summed E-state index contributed by atoms with van der Waals surface area (Å²) < 4.78 is 0. The van der Waals surface area contributed by atoms with E-state index in [0.717, 1.165) is 6.07 Å². The number of benzene rings is 2. The van der Waals surface area contributed by atoms with Crippen molar-refractivity contribution in [1.29, 1.82) is 0 Å². The molecular formula is C23H25Br2N5O7. The third-order valence-electron chi connectivity index (χ3n) is 5.45. The number of nitro benzene ring substituents is 2. The van der Waals surface area contributed by atoms with Gasteiger partial charge in [0.1, 0.15) is 6.04 Å². The Bertz CT molecular complexity index is 1190. The number of rotatable bonds is 13. The summed E-state index contributed by atoms with van der Waals surface area (Å²) in [6, 6.07) is 7.44. The lowest BCUT2D eigenvalue weighted by atomic mass is 10.1. The molecule has 3 N–H and O–H groups in total. The topological polar surface area (TPSA) is 174 Å². The average Bonchev–Trinajstić information content (AvgIpc) is 2.90. The van der Waals surface area contributed by atoms with Crippen LogP contribution in [-0.4, -0.2) is 47.2 Å². The first kappa shape index (κ1) is 29.8. The fraction of sp³-hybridized carbons (Fsp3) is 0.348. The summed E-state index contributed by atoms with van der Waals surface area (Å²) in [7, 11) is 1.43. The molecular weight excluding hydrogens is 618 g/mol. The molecule has 0 heterocycles. The Morgan fingerprint density at radius 2 is 1.38 bits per heavy atom. The Hall–Kier alpha value is -3.39. The SMILES string of the molecule is CNC(=O)C(CCCCNC(=O)c1ccc(CBr)c([N+](=O)[O-])c1)NC(=O)c1ccc(CBr)c([N+](=O)[O-])c1. The van der Waals surface area contributed by atoms with E-state index in [2.05, 4.69) is 47.8 Å². The van der Waals surface area contributed by atoms with E-state index in [-0.39, 0.29) is 46.1 Å². The van der Waals surface area contributed by atoms with Gasteiger partial charge < -0.3 is 16.0 Å². The van der Waals surface area contributed by atoms with Gasteiger partial charge in [-0.15, -0.1) is 0 Å². The second-order valence-corrected chi connectivity index (χ2v) is 8.98. The summed E-state index contributed by atoms with van der Waals surface area (Å²) in [5, 5.41) is 30.8. The molecule has 1 atom stereocenters. The summed E-state index contributed by atoms with van der Waals surface area (Å²) in [4.78, 5) is 58.7. The molecule has 0 spiro atoms. The lowest BCUT2D eigenvalue weighted by molar-refractivity contribution is -0.385. The fourth-order valence-electron chi connectivity index (χ4n) is 3.44. The van der Waals surface area contributed by atoms with Crippen molar-refractivity contribution in [1.82, 2.24) is 16.0 Å². The summed E-state index contributed by atoms with van der Waals surface area (Å²) in [6.45, 7) is 0.251. The van der Waals surface area contributed by atoms with Crippen molar-refractivity contribution in [3.05, 3.63) is 78.9 Å². The molecule has 2 rings (SSSR count). The minimum atomic E-state index is -0.887. The minimum absolute atomic E-state index is 0.0533. The molecule has 198 valence electrons. The van der Waals surface area contributed by atoms with Gasteiger partial charge in [-0.3, -0.25) is 34.6 Å². The molecule has 1 unspecified atom stereocenters. The van der Waals surface area contributed by atoms with Crippen LogP contribution in [-0.2, 0) is 15.5 Å². The van der Waals surface area contributed by atoms with E-state index < -0.39 is 33.6 Å². The number of nitrogens with zero attached hydrogens (tertiary/aromatic N) is 2. The quantitative estimate of drug-likeness (QED) is 0.129. The third-order valence-corrected chi connectivity index (χ3v) is 6.66. The summed E-state index contributed by atoms with van der Waals surface area (Å²) >= 11 is 6.35. The van der Waals surface area contributed by atoms with Gasteiger partial charge in [-0.25, -0.2) is 0 Å². The van der Waals surface area contributed by atoms with Crippen LogP contribution >= 0.6 is 31.9 Å². The van der Waals surface area contributed by atoms with Gasteiger partial charge in [-0.1, -0.05) is 44.0 Å². The van der Waals surface area contributed by atoms with Gasteiger partial charge in [0.25, 0.3) is 23.2 Å². The smallest absolute Gasteiger partial charge is 0.274 e. The highest BCUT2D eigenvalue weighted by molar-refractivity contribution is 9.08. The molecule has 0 aliphatic carbocycles. The van der Waals surface area contributed by atoms with E-state index in [1.807, 2.05) is 0 Å². The van der Waals surface area contributed by atoms with E-state index in [1.165, 1.54) is 37.4 Å². The lowest BCUT2D eigenvalue weighted by Crippen LogP contribution is -2.45. The number of halogens is 2. The van der Waals surface area contributed by atoms with E-state index in [9.17, 15) is 34.6 Å². The molecule has 0 aromatic heterocycles. The Balaban J connectivity index is 1.94. The van der Waals surface area contributed by atoms with E-state index in [4.69, 9.17) is 0 Å². The first-order valence-corrected chi connectivity index (χ1v) is 13.3. The van der Waals surface area contributed by atoms with E-state index in [1.54, 1.807) is 0 Å². The molecule has 0 aliphatic rings. The van der Waals surface area contributed by atoms with Crippen LogP contribution in [0.1, 0.15) is 51.1 Å². The Morgan fingerprint density at radius 3 is 1.84 bits per heavy atom. The molecule has 14 heteroatoms. The third kappa shape index (κ3) is 8.32. The molecule has 0 bridgehead atoms. The highest BCUT2D eigenvalue weighted by Crippen LogP contribution is 2.24. The number of hydrogen-bond donors (Lipinski definition) is 3. The van der Waals surface area contributed by atoms with Crippen LogP contribution in [0.4, 0.5) is 11.4 Å². The molecule has 0 saturated carbocycles. The van der Waals surface area contributed by atoms with Crippen LogP contribution in [0.25, 0.3) is 0 Å². The van der Waals surface area contributed by atoms with Crippen molar-refractivity contribution in [2.45, 2.75) is 36.0 Å². The fourth-order valence-corrected chi connectivity index (χ4v) is 4.39. The molecule has 0 fully saturated rings. The zero-order chi connectivity index (χ0) is 27.5. The predicted octanol–water partition coefficient (Wildman–Crippen LogP) is 3.74. The van der Waals surface area contributed by atoms with Crippen LogP contribution in [0.15, 0.2) is 36.4 Å². The van der Waals surface area contributed by atoms with Crippen LogP contribution in [0.5, 0.6) is 0 Å². The lowest BCUT2D eigenvalue weighted by Gasteiger charge is -2.17. The predicted molar refractivity (Wildman–Crippen MR) is 143 cm³/mol. The zero-order valence-corrected chi connectivity index (χ0v) is 23.0. The van der Waals surface area contributed by atoms with Gasteiger partial charge >= 0.3 is 0 Å². The van der Waals surface area contributed by atoms with Crippen molar-refractivity contribution < 1.29 is 24.2 Å². The van der Waals surface area contributed by atoms with Crippen LogP contribution in [0.2, 0.25) is 0 Å². The number of hydrogen-bond acceptors (Lipinski definition) is 7. The largest absolute Gasteiger partial charge is 0.357 e. The number of amides is 3. The van der Waals surface area contributed by atoms with E-state index in [0.29, 0.717) is 24.0 Å². The van der Waals surface area contributed by atoms with Crippen molar-refractivity contribution in [2.24, 2.45) is 0 Å². The molecule has 3 amide bonds. The van der Waals surface area contributed by atoms with Crippen LogP contribution in [0, 0.1) is 20.2 Å². The first-order chi connectivity index (χ1) is 17.6. The van der Waals surface area contributed by atoms with Crippen molar-refractivity contribution in [2.75, 3.05) is 13.6 Å². The highest BCUT2D eigenvalue weighted by Gasteiger charge is 2.23. The van der Waals surface area contributed by atoms with Gasteiger partial charge in [0.2, 0.25) is 5.91 Å². The number of nitro groups is 2. The summed E-state index contributed by atoms with van der Waals surface area (Å²) in [5.41, 5.74) is 0.729. The number of unbranched alkanes of at least 4 members (excludes halogenated alkanes) is 1. The Kier molecular flexibility index (Phi) is 11.6. The number of nitrogens with one attached hydrogen (secondary N) is 3. The van der Waals surface area contributed by atoms with Crippen LogP contribution < -0.4 is 16.0 Å². The molecule has 2 aromatic carbocycles. The van der Waals surface area contributed by atoms with Gasteiger partial charge in [0, 0.05) is 58.6 Å². The molecule has 0 saturated heterocycles.